The third kappa shape index (κ3) is 4.63. The number of esters is 2. The van der Waals surface area contributed by atoms with Crippen molar-refractivity contribution in [1.29, 1.82) is 0 Å². The SMILES string of the molecule is COC(=O)COc1ccc(/C=C2\SC(=O)N([C@H](C)C(=O)OC)C2=O)cc1OC. The first-order valence-electron chi connectivity index (χ1n) is 8.05. The Morgan fingerprint density at radius 2 is 1.86 bits per heavy atom. The van der Waals surface area contributed by atoms with Gasteiger partial charge in [0.2, 0.25) is 0 Å². The van der Waals surface area contributed by atoms with Gasteiger partial charge in [-0.1, -0.05) is 6.07 Å². The van der Waals surface area contributed by atoms with Crippen LogP contribution in [0.2, 0.25) is 0 Å². The van der Waals surface area contributed by atoms with E-state index in [2.05, 4.69) is 9.47 Å². The van der Waals surface area contributed by atoms with Crippen LogP contribution in [-0.4, -0.2) is 62.0 Å². The zero-order valence-electron chi connectivity index (χ0n) is 15.7. The van der Waals surface area contributed by atoms with Gasteiger partial charge in [0.15, 0.2) is 18.1 Å². The smallest absolute Gasteiger partial charge is 0.343 e. The summed E-state index contributed by atoms with van der Waals surface area (Å²) in [5, 5.41) is -0.556. The van der Waals surface area contributed by atoms with Gasteiger partial charge in [0.1, 0.15) is 6.04 Å². The van der Waals surface area contributed by atoms with Gasteiger partial charge in [-0.25, -0.2) is 9.59 Å². The molecule has 1 atom stereocenters. The summed E-state index contributed by atoms with van der Waals surface area (Å²) in [6, 6.07) is 3.76. The molecule has 1 aliphatic heterocycles. The Labute approximate surface area is 165 Å². The summed E-state index contributed by atoms with van der Waals surface area (Å²) in [4.78, 5) is 48.5. The minimum atomic E-state index is -1.02. The number of thioether (sulfide) groups is 1. The van der Waals surface area contributed by atoms with Crippen molar-refractivity contribution in [2.45, 2.75) is 13.0 Å². The van der Waals surface area contributed by atoms with Crippen molar-refractivity contribution in [2.75, 3.05) is 27.9 Å². The summed E-state index contributed by atoms with van der Waals surface area (Å²) in [6.07, 6.45) is 1.50. The fraction of sp³-hybridized carbons (Fsp3) is 0.333. The zero-order valence-corrected chi connectivity index (χ0v) is 16.5. The largest absolute Gasteiger partial charge is 0.493 e. The predicted molar refractivity (Wildman–Crippen MR) is 99.8 cm³/mol. The Bertz CT molecular complexity index is 835. The van der Waals surface area contributed by atoms with E-state index in [-0.39, 0.29) is 11.5 Å². The summed E-state index contributed by atoms with van der Waals surface area (Å²) in [6.45, 7) is 1.14. The summed E-state index contributed by atoms with van der Waals surface area (Å²) in [7, 11) is 3.86. The van der Waals surface area contributed by atoms with Crippen LogP contribution in [0.15, 0.2) is 23.1 Å². The molecule has 1 aromatic rings. The molecule has 1 fully saturated rings. The van der Waals surface area contributed by atoms with Gasteiger partial charge in [0.05, 0.1) is 26.2 Å². The molecule has 1 heterocycles. The van der Waals surface area contributed by atoms with Gasteiger partial charge in [-0.05, 0) is 42.5 Å². The Balaban J connectivity index is 2.23. The molecule has 150 valence electrons. The number of rotatable bonds is 7. The summed E-state index contributed by atoms with van der Waals surface area (Å²) in [5.41, 5.74) is 0.568. The highest BCUT2D eigenvalue weighted by molar-refractivity contribution is 8.18. The number of benzene rings is 1. The molecule has 2 amide bonds. The van der Waals surface area contributed by atoms with Crippen molar-refractivity contribution < 1.29 is 38.1 Å². The van der Waals surface area contributed by atoms with Crippen LogP contribution in [0.1, 0.15) is 12.5 Å². The highest BCUT2D eigenvalue weighted by Crippen LogP contribution is 2.35. The Kier molecular flexibility index (Phi) is 7.05. The molecule has 10 heteroatoms. The van der Waals surface area contributed by atoms with Crippen LogP contribution in [0.5, 0.6) is 11.5 Å². The Morgan fingerprint density at radius 3 is 2.46 bits per heavy atom. The van der Waals surface area contributed by atoms with Gasteiger partial charge in [-0.3, -0.25) is 14.5 Å². The number of nitrogens with zero attached hydrogens (tertiary/aromatic N) is 1. The predicted octanol–water partition coefficient (Wildman–Crippen LogP) is 1.84. The highest BCUT2D eigenvalue weighted by atomic mass is 32.2. The molecule has 0 unspecified atom stereocenters. The topological polar surface area (TPSA) is 108 Å². The summed E-state index contributed by atoms with van der Waals surface area (Å²) in [5.74, 6) is -1.16. The average molecular weight is 409 g/mol. The molecule has 1 saturated heterocycles. The third-order valence-corrected chi connectivity index (χ3v) is 4.70. The molecule has 2 rings (SSSR count). The van der Waals surface area contributed by atoms with E-state index >= 15 is 0 Å². The second-order valence-electron chi connectivity index (χ2n) is 5.53. The van der Waals surface area contributed by atoms with Gasteiger partial charge < -0.3 is 18.9 Å². The van der Waals surface area contributed by atoms with Crippen molar-refractivity contribution in [1.82, 2.24) is 4.90 Å². The second-order valence-corrected chi connectivity index (χ2v) is 6.52. The fourth-order valence-corrected chi connectivity index (χ4v) is 3.24. The van der Waals surface area contributed by atoms with E-state index in [4.69, 9.17) is 9.47 Å². The van der Waals surface area contributed by atoms with E-state index in [1.54, 1.807) is 18.2 Å². The van der Waals surface area contributed by atoms with Gasteiger partial charge >= 0.3 is 11.9 Å². The van der Waals surface area contributed by atoms with Crippen molar-refractivity contribution in [3.63, 3.8) is 0 Å². The molecule has 0 N–H and O–H groups in total. The zero-order chi connectivity index (χ0) is 20.8. The molecule has 0 bridgehead atoms. The molecule has 28 heavy (non-hydrogen) atoms. The molecule has 0 aromatic heterocycles. The van der Waals surface area contributed by atoms with Crippen molar-refractivity contribution in [2.24, 2.45) is 0 Å². The first-order valence-corrected chi connectivity index (χ1v) is 8.86. The minimum absolute atomic E-state index is 0.158. The maximum Gasteiger partial charge on any atom is 0.343 e. The quantitative estimate of drug-likeness (QED) is 0.492. The van der Waals surface area contributed by atoms with Gasteiger partial charge in [-0.15, -0.1) is 0 Å². The molecule has 1 aromatic carbocycles. The molecule has 1 aliphatic rings. The average Bonchev–Trinajstić information content (AvgIpc) is 2.98. The number of ether oxygens (including phenoxy) is 4. The standard InChI is InChI=1S/C18H19NO8S/c1-10(17(22)26-4)19-16(21)14(28-18(19)23)8-11-5-6-12(13(7-11)24-2)27-9-15(20)25-3/h5-8,10H,9H2,1-4H3/b14-8-/t10-/m1/s1. The normalized spacial score (nSPS) is 16.1. The lowest BCUT2D eigenvalue weighted by atomic mass is 10.1. The first kappa shape index (κ1) is 21.3. The highest BCUT2D eigenvalue weighted by Gasteiger charge is 2.41. The summed E-state index contributed by atoms with van der Waals surface area (Å²) >= 11 is 0.725. The van der Waals surface area contributed by atoms with E-state index in [1.807, 2.05) is 0 Å². The lowest BCUT2D eigenvalue weighted by Gasteiger charge is -2.18. The fourth-order valence-electron chi connectivity index (χ4n) is 2.33. The van der Waals surface area contributed by atoms with Crippen LogP contribution in [0.3, 0.4) is 0 Å². The second kappa shape index (κ2) is 9.27. The lowest BCUT2D eigenvalue weighted by molar-refractivity contribution is -0.148. The monoisotopic (exact) mass is 409 g/mol. The molecule has 0 aliphatic carbocycles. The molecule has 0 radical (unpaired) electrons. The third-order valence-electron chi connectivity index (χ3n) is 3.81. The minimum Gasteiger partial charge on any atom is -0.493 e. The number of hydrogen-bond donors (Lipinski definition) is 0. The number of amides is 2. The van der Waals surface area contributed by atoms with E-state index in [0.717, 1.165) is 16.7 Å². The van der Waals surface area contributed by atoms with E-state index < -0.39 is 29.1 Å². The van der Waals surface area contributed by atoms with Gasteiger partial charge in [0.25, 0.3) is 11.1 Å². The van der Waals surface area contributed by atoms with Crippen LogP contribution in [0, 0.1) is 0 Å². The van der Waals surface area contributed by atoms with Crippen LogP contribution in [0.25, 0.3) is 6.08 Å². The van der Waals surface area contributed by atoms with Crippen LogP contribution < -0.4 is 9.47 Å². The molecular weight excluding hydrogens is 390 g/mol. The Morgan fingerprint density at radius 1 is 1.14 bits per heavy atom. The van der Waals surface area contributed by atoms with E-state index in [1.165, 1.54) is 34.3 Å². The van der Waals surface area contributed by atoms with Crippen molar-refractivity contribution in [3.8, 4) is 11.5 Å². The van der Waals surface area contributed by atoms with E-state index in [9.17, 15) is 19.2 Å². The number of carbonyl (C=O) groups is 4. The maximum atomic E-state index is 12.5. The number of imide groups is 1. The Hall–Kier alpha value is -3.01. The maximum absolute atomic E-state index is 12.5. The molecule has 0 spiro atoms. The van der Waals surface area contributed by atoms with E-state index in [0.29, 0.717) is 17.1 Å². The van der Waals surface area contributed by atoms with Crippen LogP contribution in [0.4, 0.5) is 4.79 Å². The van der Waals surface area contributed by atoms with Crippen molar-refractivity contribution >= 4 is 40.9 Å². The molecule has 0 saturated carbocycles. The number of carbonyl (C=O) groups excluding carboxylic acids is 4. The van der Waals surface area contributed by atoms with Crippen LogP contribution in [-0.2, 0) is 23.9 Å². The van der Waals surface area contributed by atoms with Gasteiger partial charge in [0, 0.05) is 0 Å². The van der Waals surface area contributed by atoms with Crippen LogP contribution >= 0.6 is 11.8 Å². The first-order chi connectivity index (χ1) is 13.3. The summed E-state index contributed by atoms with van der Waals surface area (Å²) < 4.78 is 19.7. The van der Waals surface area contributed by atoms with Gasteiger partial charge in [-0.2, -0.15) is 0 Å². The van der Waals surface area contributed by atoms with Crippen molar-refractivity contribution in [3.05, 3.63) is 28.7 Å². The molecular formula is C18H19NO8S. The number of methoxy groups -OCH3 is 3. The lowest BCUT2D eigenvalue weighted by Crippen LogP contribution is -2.42. The number of hydrogen-bond acceptors (Lipinski definition) is 9. The molecule has 9 nitrogen and oxygen atoms in total.